The maximum atomic E-state index is 13.1. The molecule has 1 aromatic heterocycles. The average Bonchev–Trinajstić information content (AvgIpc) is 3.33. The third-order valence-electron chi connectivity index (χ3n) is 6.01. The first-order chi connectivity index (χ1) is 14.1. The molecule has 0 atom stereocenters. The summed E-state index contributed by atoms with van der Waals surface area (Å²) >= 11 is 0. The lowest BCUT2D eigenvalue weighted by atomic mass is 9.84. The lowest BCUT2D eigenvalue weighted by Crippen LogP contribution is -2.54. The average molecular weight is 390 g/mol. The third kappa shape index (κ3) is 3.17. The molecule has 7 heteroatoms. The number of imidazole rings is 1. The number of benzene rings is 2. The van der Waals surface area contributed by atoms with Crippen molar-refractivity contribution >= 4 is 28.5 Å². The van der Waals surface area contributed by atoms with Crippen molar-refractivity contribution in [2.24, 2.45) is 0 Å². The number of hydrogen-bond donors (Lipinski definition) is 2. The van der Waals surface area contributed by atoms with Gasteiger partial charge in [0, 0.05) is 31.0 Å². The first-order valence-corrected chi connectivity index (χ1v) is 9.85. The van der Waals surface area contributed by atoms with Crippen molar-refractivity contribution in [3.05, 3.63) is 59.9 Å². The maximum Gasteiger partial charge on any atom is 0.254 e. The largest absolute Gasteiger partial charge is 0.381 e. The zero-order valence-corrected chi connectivity index (χ0v) is 16.0. The Hall–Kier alpha value is -3.19. The molecule has 3 heterocycles. The summed E-state index contributed by atoms with van der Waals surface area (Å²) in [6.07, 6.45) is 3.18. The fourth-order valence-corrected chi connectivity index (χ4v) is 4.45. The summed E-state index contributed by atoms with van der Waals surface area (Å²) in [4.78, 5) is 35.2. The van der Waals surface area contributed by atoms with Gasteiger partial charge in [-0.3, -0.25) is 9.59 Å². The number of aromatic nitrogens is 2. The molecule has 0 radical (unpaired) electrons. The smallest absolute Gasteiger partial charge is 0.254 e. The zero-order chi connectivity index (χ0) is 19.8. The summed E-state index contributed by atoms with van der Waals surface area (Å²) in [6, 6.07) is 13.3. The molecule has 0 bridgehead atoms. The summed E-state index contributed by atoms with van der Waals surface area (Å²) in [5.41, 5.74) is 3.66. The number of nitrogens with one attached hydrogen (secondary N) is 2. The number of carbonyl (C=O) groups excluding carboxylic acids is 2. The van der Waals surface area contributed by atoms with Gasteiger partial charge in [0.05, 0.1) is 29.3 Å². The molecule has 3 aromatic rings. The molecule has 2 amide bonds. The molecular weight excluding hydrogens is 368 g/mol. The van der Waals surface area contributed by atoms with Crippen molar-refractivity contribution in [3.63, 3.8) is 0 Å². The zero-order valence-electron chi connectivity index (χ0n) is 16.0. The van der Waals surface area contributed by atoms with Crippen LogP contribution in [0, 0.1) is 0 Å². The van der Waals surface area contributed by atoms with Crippen LogP contribution >= 0.6 is 0 Å². The third-order valence-corrected chi connectivity index (χ3v) is 6.01. The van der Waals surface area contributed by atoms with Crippen molar-refractivity contribution in [1.82, 2.24) is 14.9 Å². The minimum absolute atomic E-state index is 0.00850. The number of hydrogen-bond acceptors (Lipinski definition) is 4. The number of amides is 2. The number of ether oxygens (including phenoxy) is 1. The molecule has 5 rings (SSSR count). The minimum Gasteiger partial charge on any atom is -0.381 e. The second-order valence-corrected chi connectivity index (χ2v) is 7.74. The molecule has 7 nitrogen and oxygen atoms in total. The van der Waals surface area contributed by atoms with E-state index in [9.17, 15) is 9.59 Å². The molecule has 2 aliphatic rings. The topological polar surface area (TPSA) is 87.3 Å². The highest BCUT2D eigenvalue weighted by molar-refractivity contribution is 6.00. The van der Waals surface area contributed by atoms with Gasteiger partial charge in [-0.05, 0) is 42.7 Å². The van der Waals surface area contributed by atoms with E-state index in [4.69, 9.17) is 4.74 Å². The molecule has 0 aliphatic carbocycles. The van der Waals surface area contributed by atoms with Crippen LogP contribution in [0.25, 0.3) is 11.0 Å². The van der Waals surface area contributed by atoms with Gasteiger partial charge in [0.15, 0.2) is 0 Å². The van der Waals surface area contributed by atoms with E-state index < -0.39 is 5.54 Å². The van der Waals surface area contributed by atoms with Gasteiger partial charge < -0.3 is 19.9 Å². The van der Waals surface area contributed by atoms with E-state index in [0.717, 1.165) is 22.2 Å². The van der Waals surface area contributed by atoms with Gasteiger partial charge in [-0.25, -0.2) is 4.98 Å². The summed E-state index contributed by atoms with van der Waals surface area (Å²) in [6.45, 7) is 1.64. The predicted molar refractivity (Wildman–Crippen MR) is 108 cm³/mol. The highest BCUT2D eigenvalue weighted by Gasteiger charge is 2.46. The van der Waals surface area contributed by atoms with Gasteiger partial charge >= 0.3 is 0 Å². The molecular formula is C22H22N4O3. The Bertz CT molecular complexity index is 1080. The van der Waals surface area contributed by atoms with E-state index in [1.165, 1.54) is 0 Å². The van der Waals surface area contributed by atoms with E-state index in [1.807, 2.05) is 47.4 Å². The van der Waals surface area contributed by atoms with Gasteiger partial charge in [0.1, 0.15) is 0 Å². The quantitative estimate of drug-likeness (QED) is 0.717. The van der Waals surface area contributed by atoms with Crippen molar-refractivity contribution in [3.8, 4) is 0 Å². The summed E-state index contributed by atoms with van der Waals surface area (Å²) in [5, 5.41) is 2.99. The van der Waals surface area contributed by atoms with E-state index in [0.29, 0.717) is 38.3 Å². The molecule has 1 saturated heterocycles. The van der Waals surface area contributed by atoms with E-state index in [1.54, 1.807) is 6.33 Å². The molecule has 29 heavy (non-hydrogen) atoms. The molecule has 0 saturated carbocycles. The van der Waals surface area contributed by atoms with Gasteiger partial charge in [-0.15, -0.1) is 0 Å². The Morgan fingerprint density at radius 2 is 2.03 bits per heavy atom. The summed E-state index contributed by atoms with van der Waals surface area (Å²) in [5.74, 6) is -0.0938. The maximum absolute atomic E-state index is 13.1. The van der Waals surface area contributed by atoms with Crippen LogP contribution in [-0.2, 0) is 16.1 Å². The molecule has 148 valence electrons. The molecule has 1 fully saturated rings. The Morgan fingerprint density at radius 1 is 1.21 bits per heavy atom. The van der Waals surface area contributed by atoms with Crippen LogP contribution in [0.4, 0.5) is 5.69 Å². The van der Waals surface area contributed by atoms with Crippen LogP contribution in [0.2, 0.25) is 0 Å². The van der Waals surface area contributed by atoms with Crippen molar-refractivity contribution in [2.45, 2.75) is 31.3 Å². The van der Waals surface area contributed by atoms with Crippen LogP contribution in [0.1, 0.15) is 35.2 Å². The first-order valence-electron chi connectivity index (χ1n) is 9.85. The monoisotopic (exact) mass is 390 g/mol. The van der Waals surface area contributed by atoms with Crippen molar-refractivity contribution in [1.29, 1.82) is 0 Å². The second-order valence-electron chi connectivity index (χ2n) is 7.74. The minimum atomic E-state index is -0.531. The van der Waals surface area contributed by atoms with Gasteiger partial charge in [-0.2, -0.15) is 0 Å². The van der Waals surface area contributed by atoms with Crippen LogP contribution in [0.5, 0.6) is 0 Å². The first kappa shape index (κ1) is 17.9. The van der Waals surface area contributed by atoms with Crippen LogP contribution in [-0.4, -0.2) is 45.4 Å². The molecule has 0 unspecified atom stereocenters. The fourth-order valence-electron chi connectivity index (χ4n) is 4.45. The standard InChI is InChI=1S/C22H22N4O3/c27-20(25-16-5-6-18-19(11-16)24-14-23-18)12-22(7-9-29-10-8-22)26-13-15-3-1-2-4-17(15)21(26)28/h1-6,11,14H,7-10,12-13H2,(H,23,24)(H,25,27). The van der Waals surface area contributed by atoms with Gasteiger partial charge in [0.25, 0.3) is 5.91 Å². The Kier molecular flexibility index (Phi) is 4.32. The normalized spacial score (nSPS) is 18.1. The van der Waals surface area contributed by atoms with Crippen LogP contribution < -0.4 is 5.32 Å². The number of rotatable bonds is 4. The number of anilines is 1. The van der Waals surface area contributed by atoms with Crippen LogP contribution in [0.15, 0.2) is 48.8 Å². The molecule has 2 N–H and O–H groups in total. The molecule has 2 aromatic carbocycles. The molecule has 2 aliphatic heterocycles. The number of carbonyl (C=O) groups is 2. The van der Waals surface area contributed by atoms with E-state index in [-0.39, 0.29) is 18.2 Å². The van der Waals surface area contributed by atoms with Crippen molar-refractivity contribution < 1.29 is 14.3 Å². The Labute approximate surface area is 168 Å². The van der Waals surface area contributed by atoms with E-state index in [2.05, 4.69) is 15.3 Å². The van der Waals surface area contributed by atoms with Crippen molar-refractivity contribution in [2.75, 3.05) is 18.5 Å². The lowest BCUT2D eigenvalue weighted by Gasteiger charge is -2.44. The predicted octanol–water partition coefficient (Wildman–Crippen LogP) is 3.10. The molecule has 0 spiro atoms. The summed E-state index contributed by atoms with van der Waals surface area (Å²) < 4.78 is 5.56. The second kappa shape index (κ2) is 7.00. The van der Waals surface area contributed by atoms with Gasteiger partial charge in [0.2, 0.25) is 5.91 Å². The van der Waals surface area contributed by atoms with Gasteiger partial charge in [-0.1, -0.05) is 18.2 Å². The number of H-pyrrole nitrogens is 1. The number of aromatic amines is 1. The number of nitrogens with zero attached hydrogens (tertiary/aromatic N) is 2. The lowest BCUT2D eigenvalue weighted by molar-refractivity contribution is -0.120. The number of fused-ring (bicyclic) bond motifs is 2. The Morgan fingerprint density at radius 3 is 2.86 bits per heavy atom. The van der Waals surface area contributed by atoms with E-state index >= 15 is 0 Å². The Balaban J connectivity index is 1.38. The summed E-state index contributed by atoms with van der Waals surface area (Å²) in [7, 11) is 0. The van der Waals surface area contributed by atoms with Crippen LogP contribution in [0.3, 0.4) is 0 Å². The highest BCUT2D eigenvalue weighted by atomic mass is 16.5. The SMILES string of the molecule is O=C(CC1(N2Cc3ccccc3C2=O)CCOCC1)Nc1ccc2nc[nH]c2c1. The fraction of sp³-hybridized carbons (Fsp3) is 0.318. The highest BCUT2D eigenvalue weighted by Crippen LogP contribution is 2.38.